The van der Waals surface area contributed by atoms with Gasteiger partial charge in [-0.15, -0.1) is 0 Å². The summed E-state index contributed by atoms with van der Waals surface area (Å²) in [6, 6.07) is 0. The van der Waals surface area contributed by atoms with Crippen molar-refractivity contribution in [3.8, 4) is 0 Å². The monoisotopic (exact) mass is 454 g/mol. The summed E-state index contributed by atoms with van der Waals surface area (Å²) in [5.41, 5.74) is 0. The third-order valence-corrected chi connectivity index (χ3v) is 2.66. The van der Waals surface area contributed by atoms with Crippen LogP contribution in [0.2, 0.25) is 0 Å². The molecule has 31 heavy (non-hydrogen) atoms. The first kappa shape index (κ1) is 32.9. The average Bonchev–Trinajstić information content (AvgIpc) is 2.39. The molecule has 0 bridgehead atoms. The Labute approximate surface area is 190 Å². The van der Waals surface area contributed by atoms with Crippen LogP contribution < -0.4 is 0 Å². The van der Waals surface area contributed by atoms with Crippen molar-refractivity contribution in [2.24, 2.45) is 0 Å². The van der Waals surface area contributed by atoms with E-state index in [9.17, 15) is 0 Å². The van der Waals surface area contributed by atoms with Gasteiger partial charge in [0.25, 0.3) is 6.48 Å². The molecule has 0 saturated carbocycles. The number of aliphatic hydroxyl groups is 1. The summed E-state index contributed by atoms with van der Waals surface area (Å²) >= 11 is 0. The van der Waals surface area contributed by atoms with Gasteiger partial charge in [-0.3, -0.25) is 9.47 Å². The topological polar surface area (TPSA) is 84.8 Å². The summed E-state index contributed by atoms with van der Waals surface area (Å²) in [5, 5.41) is 8.06. The zero-order chi connectivity index (χ0) is 25.0. The van der Waals surface area contributed by atoms with E-state index in [0.717, 1.165) is 0 Å². The standard InChI is InChI=1S/C20H42O7.C3H8O/c1-13(2)21-18(22-14(3)4)26-19(11,12)27-20(23-15(5)6,24-16(7)8)25-17(9)10;1-3(2)4/h13-18H,1-12H3;3-4H,1-2H3. The summed E-state index contributed by atoms with van der Waals surface area (Å²) < 4.78 is 41.2. The van der Waals surface area contributed by atoms with Crippen molar-refractivity contribution < 1.29 is 38.3 Å². The molecule has 8 nitrogen and oxygen atoms in total. The SMILES string of the molecule is CC(C)O.CC(C)OC(OC(C)C)OC(C)(C)OC(OC(C)C)(OC(C)C)OC(C)C. The van der Waals surface area contributed by atoms with Gasteiger partial charge in [-0.2, -0.15) is 0 Å². The molecule has 0 aliphatic rings. The lowest BCUT2D eigenvalue weighted by Gasteiger charge is -2.42. The number of aliphatic hydroxyl groups excluding tert-OH is 1. The van der Waals surface area contributed by atoms with Crippen molar-refractivity contribution in [3.63, 3.8) is 0 Å². The summed E-state index contributed by atoms with van der Waals surface area (Å²) in [5.74, 6) is -1.19. The molecule has 1 N–H and O–H groups in total. The molecule has 0 aliphatic carbocycles. The van der Waals surface area contributed by atoms with Crippen molar-refractivity contribution in [2.75, 3.05) is 0 Å². The van der Waals surface area contributed by atoms with Crippen LogP contribution in [0.15, 0.2) is 0 Å². The van der Waals surface area contributed by atoms with E-state index in [1.54, 1.807) is 27.7 Å². The summed E-state index contributed by atoms with van der Waals surface area (Å²) in [6.07, 6.45) is -2.66. The fourth-order valence-corrected chi connectivity index (χ4v) is 2.11. The molecule has 0 saturated heterocycles. The van der Waals surface area contributed by atoms with E-state index in [4.69, 9.17) is 38.3 Å². The van der Waals surface area contributed by atoms with Crippen LogP contribution >= 0.6 is 0 Å². The molecule has 190 valence electrons. The van der Waals surface area contributed by atoms with Crippen LogP contribution in [0, 0.1) is 0 Å². The minimum absolute atomic E-state index is 0.0833. The molecule has 0 aromatic carbocycles. The van der Waals surface area contributed by atoms with E-state index in [2.05, 4.69) is 0 Å². The van der Waals surface area contributed by atoms with Gasteiger partial charge in [0, 0.05) is 6.10 Å². The zero-order valence-electron chi connectivity index (χ0n) is 22.3. The Balaban J connectivity index is 0. The fraction of sp³-hybridized carbons (Fsp3) is 1.00. The predicted octanol–water partition coefficient (Wildman–Crippen LogP) is 5.16. The quantitative estimate of drug-likeness (QED) is 0.360. The second-order valence-corrected chi connectivity index (χ2v) is 9.37. The van der Waals surface area contributed by atoms with Gasteiger partial charge in [-0.25, -0.2) is 0 Å². The third kappa shape index (κ3) is 20.0. The molecule has 0 radical (unpaired) electrons. The summed E-state index contributed by atoms with van der Waals surface area (Å²) in [7, 11) is 0. The van der Waals surface area contributed by atoms with Crippen LogP contribution in [0.25, 0.3) is 0 Å². The maximum absolute atomic E-state index is 8.06. The molecule has 0 heterocycles. The van der Waals surface area contributed by atoms with Crippen molar-refractivity contribution in [1.82, 2.24) is 0 Å². The van der Waals surface area contributed by atoms with Gasteiger partial charge in [-0.05, 0) is 96.9 Å². The lowest BCUT2D eigenvalue weighted by Crippen LogP contribution is -2.53. The van der Waals surface area contributed by atoms with Gasteiger partial charge in [0.15, 0.2) is 5.79 Å². The Kier molecular flexibility index (Phi) is 16.4. The van der Waals surface area contributed by atoms with Crippen LogP contribution in [0.1, 0.15) is 96.9 Å². The molecule has 0 atom stereocenters. The van der Waals surface area contributed by atoms with Gasteiger partial charge in [0.05, 0.1) is 30.5 Å². The molecule has 0 fully saturated rings. The summed E-state index contributed by atoms with van der Waals surface area (Å²) in [6.45, 7) is 24.9. The smallest absolute Gasteiger partial charge is 0.394 e. The number of hydrogen-bond acceptors (Lipinski definition) is 8. The molecule has 0 unspecified atom stereocenters. The molecular weight excluding hydrogens is 404 g/mol. The average molecular weight is 455 g/mol. The Bertz CT molecular complexity index is 394. The van der Waals surface area contributed by atoms with Crippen LogP contribution in [-0.4, -0.2) is 60.2 Å². The van der Waals surface area contributed by atoms with Crippen molar-refractivity contribution in [3.05, 3.63) is 0 Å². The first-order valence-corrected chi connectivity index (χ1v) is 11.3. The second-order valence-electron chi connectivity index (χ2n) is 9.37. The highest BCUT2D eigenvalue weighted by atomic mass is 17.0. The minimum atomic E-state index is -1.72. The van der Waals surface area contributed by atoms with E-state index in [1.807, 2.05) is 69.2 Å². The van der Waals surface area contributed by atoms with Gasteiger partial charge < -0.3 is 28.8 Å². The molecular formula is C23H50O8. The van der Waals surface area contributed by atoms with E-state index in [0.29, 0.717) is 0 Å². The highest BCUT2D eigenvalue weighted by molar-refractivity contribution is 4.61. The zero-order valence-corrected chi connectivity index (χ0v) is 22.3. The first-order valence-electron chi connectivity index (χ1n) is 11.3. The van der Waals surface area contributed by atoms with Crippen molar-refractivity contribution in [2.45, 2.75) is 152 Å². The van der Waals surface area contributed by atoms with Crippen LogP contribution in [0.4, 0.5) is 0 Å². The number of rotatable bonds is 14. The van der Waals surface area contributed by atoms with Crippen LogP contribution in [0.3, 0.4) is 0 Å². The molecule has 0 rings (SSSR count). The Morgan fingerprint density at radius 3 is 1.03 bits per heavy atom. The van der Waals surface area contributed by atoms with Gasteiger partial charge >= 0.3 is 6.16 Å². The van der Waals surface area contributed by atoms with Crippen molar-refractivity contribution >= 4 is 0 Å². The van der Waals surface area contributed by atoms with E-state index >= 15 is 0 Å². The number of hydrogen-bond donors (Lipinski definition) is 1. The van der Waals surface area contributed by atoms with E-state index in [-0.39, 0.29) is 36.6 Å². The number of ether oxygens (including phenoxy) is 7. The van der Waals surface area contributed by atoms with Gasteiger partial charge in [0.2, 0.25) is 0 Å². The Morgan fingerprint density at radius 2 is 0.806 bits per heavy atom. The molecule has 0 amide bonds. The highest BCUT2D eigenvalue weighted by Crippen LogP contribution is 2.31. The second kappa shape index (κ2) is 15.5. The maximum Gasteiger partial charge on any atom is 0.415 e. The molecule has 0 spiro atoms. The first-order chi connectivity index (χ1) is 13.9. The van der Waals surface area contributed by atoms with Gasteiger partial charge in [0.1, 0.15) is 0 Å². The molecule has 0 aliphatic heterocycles. The predicted molar refractivity (Wildman–Crippen MR) is 121 cm³/mol. The largest absolute Gasteiger partial charge is 0.415 e. The highest BCUT2D eigenvalue weighted by Gasteiger charge is 2.46. The third-order valence-electron chi connectivity index (χ3n) is 2.66. The van der Waals surface area contributed by atoms with E-state index < -0.39 is 18.4 Å². The Hall–Kier alpha value is -0.320. The van der Waals surface area contributed by atoms with E-state index in [1.165, 1.54) is 0 Å². The fourth-order valence-electron chi connectivity index (χ4n) is 2.11. The maximum atomic E-state index is 8.06. The Morgan fingerprint density at radius 1 is 0.516 bits per heavy atom. The molecule has 0 aromatic heterocycles. The summed E-state index contributed by atoms with van der Waals surface area (Å²) in [4.78, 5) is 0. The normalized spacial score (nSPS) is 13.4. The molecule has 8 heteroatoms. The molecule has 0 aromatic rings. The van der Waals surface area contributed by atoms with Crippen LogP contribution in [0.5, 0.6) is 0 Å². The van der Waals surface area contributed by atoms with Gasteiger partial charge in [-0.1, -0.05) is 0 Å². The van der Waals surface area contributed by atoms with Crippen LogP contribution in [-0.2, 0) is 33.2 Å². The lowest BCUT2D eigenvalue weighted by atomic mass is 10.4. The lowest BCUT2D eigenvalue weighted by molar-refractivity contribution is -0.563. The minimum Gasteiger partial charge on any atom is -0.394 e. The van der Waals surface area contributed by atoms with Crippen molar-refractivity contribution in [1.29, 1.82) is 0 Å².